The summed E-state index contributed by atoms with van der Waals surface area (Å²) in [5, 5.41) is 9.52. The Balaban J connectivity index is 0.00000147. The van der Waals surface area contributed by atoms with Crippen molar-refractivity contribution in [3.8, 4) is 11.5 Å². The number of esters is 1. The van der Waals surface area contributed by atoms with Crippen molar-refractivity contribution in [3.05, 3.63) is 54.4 Å². The van der Waals surface area contributed by atoms with Crippen molar-refractivity contribution < 1.29 is 19.1 Å². The SMILES string of the molecule is O=C(Oc1ccccc1O)c1nc2ccccc2o1.[B]. The smallest absolute Gasteiger partial charge is 0.400 e. The van der Waals surface area contributed by atoms with E-state index in [-0.39, 0.29) is 25.8 Å². The predicted molar refractivity (Wildman–Crippen MR) is 72.8 cm³/mol. The number of benzene rings is 2. The van der Waals surface area contributed by atoms with Crippen molar-refractivity contribution in [1.82, 2.24) is 4.98 Å². The summed E-state index contributed by atoms with van der Waals surface area (Å²) in [7, 11) is 0. The standard InChI is InChI=1S/C14H9NO4.B/c16-10-6-2-4-8-12(10)19-14(17)13-15-9-5-1-3-7-11(9)18-13;/h1-8,16H;. The molecule has 97 valence electrons. The summed E-state index contributed by atoms with van der Waals surface area (Å²) in [6, 6.07) is 13.2. The van der Waals surface area contributed by atoms with Gasteiger partial charge in [-0.05, 0) is 24.3 Å². The monoisotopic (exact) mass is 266 g/mol. The highest BCUT2D eigenvalue weighted by molar-refractivity contribution is 5.89. The number of rotatable bonds is 2. The number of hydrogen-bond donors (Lipinski definition) is 1. The van der Waals surface area contributed by atoms with E-state index in [9.17, 15) is 9.90 Å². The van der Waals surface area contributed by atoms with Crippen molar-refractivity contribution in [2.45, 2.75) is 0 Å². The molecule has 0 atom stereocenters. The number of aromatic nitrogens is 1. The summed E-state index contributed by atoms with van der Waals surface area (Å²) >= 11 is 0. The lowest BCUT2D eigenvalue weighted by atomic mass is 10.3. The van der Waals surface area contributed by atoms with Gasteiger partial charge < -0.3 is 14.3 Å². The molecule has 0 spiro atoms. The van der Waals surface area contributed by atoms with E-state index in [0.717, 1.165) is 0 Å². The second-order valence-corrected chi connectivity index (χ2v) is 3.84. The number of ether oxygens (including phenoxy) is 1. The van der Waals surface area contributed by atoms with Gasteiger partial charge in [-0.1, -0.05) is 24.3 Å². The first kappa shape index (κ1) is 13.7. The fraction of sp³-hybridized carbons (Fsp3) is 0. The van der Waals surface area contributed by atoms with Crippen LogP contribution in [0, 0.1) is 0 Å². The highest BCUT2D eigenvalue weighted by Crippen LogP contribution is 2.25. The van der Waals surface area contributed by atoms with E-state index >= 15 is 0 Å². The lowest BCUT2D eigenvalue weighted by Crippen LogP contribution is -2.08. The number of oxazole rings is 1. The Kier molecular flexibility index (Phi) is 3.75. The molecule has 3 rings (SSSR count). The first-order chi connectivity index (χ1) is 9.24. The molecule has 0 saturated carbocycles. The Hall–Kier alpha value is -2.76. The molecule has 0 saturated heterocycles. The van der Waals surface area contributed by atoms with Crippen molar-refractivity contribution in [1.29, 1.82) is 0 Å². The van der Waals surface area contributed by atoms with E-state index in [1.165, 1.54) is 12.1 Å². The van der Waals surface area contributed by atoms with E-state index in [2.05, 4.69) is 4.98 Å². The number of para-hydroxylation sites is 4. The van der Waals surface area contributed by atoms with E-state index < -0.39 is 5.97 Å². The Bertz CT molecular complexity index is 721. The number of aromatic hydroxyl groups is 1. The third kappa shape index (κ3) is 2.49. The molecular weight excluding hydrogens is 257 g/mol. The van der Waals surface area contributed by atoms with Crippen LogP contribution < -0.4 is 4.74 Å². The second-order valence-electron chi connectivity index (χ2n) is 3.84. The minimum absolute atomic E-state index is 0. The van der Waals surface area contributed by atoms with Gasteiger partial charge in [0, 0.05) is 8.41 Å². The molecule has 1 heterocycles. The maximum absolute atomic E-state index is 11.8. The average molecular weight is 266 g/mol. The molecule has 0 aliphatic carbocycles. The topological polar surface area (TPSA) is 72.6 Å². The molecule has 1 N–H and O–H groups in total. The van der Waals surface area contributed by atoms with E-state index in [4.69, 9.17) is 9.15 Å². The highest BCUT2D eigenvalue weighted by atomic mass is 16.6. The van der Waals surface area contributed by atoms with Crippen LogP contribution in [0.2, 0.25) is 0 Å². The van der Waals surface area contributed by atoms with Gasteiger partial charge >= 0.3 is 11.9 Å². The normalized spacial score (nSPS) is 10.0. The number of phenolic OH excluding ortho intramolecular Hbond substituents is 1. The fourth-order valence-corrected chi connectivity index (χ4v) is 1.65. The largest absolute Gasteiger partial charge is 0.504 e. The Morgan fingerprint density at radius 2 is 1.80 bits per heavy atom. The molecule has 0 amide bonds. The van der Waals surface area contributed by atoms with Crippen LogP contribution >= 0.6 is 0 Å². The molecule has 0 fully saturated rings. The number of fused-ring (bicyclic) bond motifs is 1. The summed E-state index contributed by atoms with van der Waals surface area (Å²) in [6.45, 7) is 0. The summed E-state index contributed by atoms with van der Waals surface area (Å²) in [4.78, 5) is 15.9. The van der Waals surface area contributed by atoms with Crippen molar-refractivity contribution >= 4 is 25.5 Å². The molecule has 6 heteroatoms. The lowest BCUT2D eigenvalue weighted by Gasteiger charge is -2.02. The van der Waals surface area contributed by atoms with Gasteiger partial charge in [0.2, 0.25) is 0 Å². The quantitative estimate of drug-likeness (QED) is 0.438. The lowest BCUT2D eigenvalue weighted by molar-refractivity contribution is 0.0690. The van der Waals surface area contributed by atoms with Gasteiger partial charge in [-0.2, -0.15) is 0 Å². The third-order valence-corrected chi connectivity index (χ3v) is 2.54. The molecule has 3 radical (unpaired) electrons. The molecule has 3 aromatic rings. The van der Waals surface area contributed by atoms with Crippen LogP contribution in [0.4, 0.5) is 0 Å². The van der Waals surface area contributed by atoms with Crippen molar-refractivity contribution in [2.75, 3.05) is 0 Å². The van der Waals surface area contributed by atoms with Crippen LogP contribution in [0.1, 0.15) is 10.7 Å². The molecular formula is C14H9BNO4. The fourth-order valence-electron chi connectivity index (χ4n) is 1.65. The summed E-state index contributed by atoms with van der Waals surface area (Å²) in [5.74, 6) is -0.955. The van der Waals surface area contributed by atoms with Crippen LogP contribution in [-0.2, 0) is 0 Å². The number of nitrogens with zero attached hydrogens (tertiary/aromatic N) is 1. The van der Waals surface area contributed by atoms with Crippen LogP contribution in [0.3, 0.4) is 0 Å². The van der Waals surface area contributed by atoms with Gasteiger partial charge in [0.05, 0.1) is 0 Å². The Morgan fingerprint density at radius 3 is 2.55 bits per heavy atom. The molecule has 20 heavy (non-hydrogen) atoms. The molecule has 2 aromatic carbocycles. The maximum Gasteiger partial charge on any atom is 0.400 e. The first-order valence-corrected chi connectivity index (χ1v) is 5.60. The Morgan fingerprint density at radius 1 is 1.10 bits per heavy atom. The maximum atomic E-state index is 11.8. The van der Waals surface area contributed by atoms with Gasteiger partial charge in [-0.3, -0.25) is 0 Å². The van der Waals surface area contributed by atoms with Crippen molar-refractivity contribution in [3.63, 3.8) is 0 Å². The zero-order valence-corrected chi connectivity index (χ0v) is 10.3. The molecule has 0 aliphatic heterocycles. The zero-order valence-electron chi connectivity index (χ0n) is 10.3. The van der Waals surface area contributed by atoms with E-state index in [1.54, 1.807) is 36.4 Å². The van der Waals surface area contributed by atoms with Gasteiger partial charge in [0.1, 0.15) is 5.52 Å². The minimum atomic E-state index is -0.752. The Labute approximate surface area is 116 Å². The van der Waals surface area contributed by atoms with E-state index in [0.29, 0.717) is 11.1 Å². The number of phenols is 1. The van der Waals surface area contributed by atoms with Crippen LogP contribution in [0.5, 0.6) is 11.5 Å². The van der Waals surface area contributed by atoms with Crippen LogP contribution in [0.15, 0.2) is 52.9 Å². The predicted octanol–water partition coefficient (Wildman–Crippen LogP) is 2.37. The average Bonchev–Trinajstić information content (AvgIpc) is 2.85. The van der Waals surface area contributed by atoms with Gasteiger partial charge in [-0.25, -0.2) is 9.78 Å². The third-order valence-electron chi connectivity index (χ3n) is 2.54. The number of carbonyl (C=O) groups is 1. The second kappa shape index (κ2) is 5.48. The number of carbonyl (C=O) groups excluding carboxylic acids is 1. The van der Waals surface area contributed by atoms with E-state index in [1.807, 2.05) is 0 Å². The van der Waals surface area contributed by atoms with Crippen LogP contribution in [0.25, 0.3) is 11.1 Å². The zero-order chi connectivity index (χ0) is 13.2. The number of hydrogen-bond acceptors (Lipinski definition) is 5. The first-order valence-electron chi connectivity index (χ1n) is 5.60. The highest BCUT2D eigenvalue weighted by Gasteiger charge is 2.17. The molecule has 1 aromatic heterocycles. The molecule has 5 nitrogen and oxygen atoms in total. The van der Waals surface area contributed by atoms with Gasteiger partial charge in [-0.15, -0.1) is 0 Å². The van der Waals surface area contributed by atoms with Gasteiger partial charge in [0.15, 0.2) is 17.1 Å². The minimum Gasteiger partial charge on any atom is -0.504 e. The summed E-state index contributed by atoms with van der Waals surface area (Å²) in [5.41, 5.74) is 1.08. The molecule has 0 bridgehead atoms. The molecule has 0 aliphatic rings. The van der Waals surface area contributed by atoms with Crippen LogP contribution in [-0.4, -0.2) is 24.5 Å². The summed E-state index contributed by atoms with van der Waals surface area (Å²) in [6.07, 6.45) is 0. The van der Waals surface area contributed by atoms with Gasteiger partial charge in [0.25, 0.3) is 0 Å². The molecule has 0 unspecified atom stereocenters. The summed E-state index contributed by atoms with van der Waals surface area (Å²) < 4.78 is 10.3. The van der Waals surface area contributed by atoms with Crippen molar-refractivity contribution in [2.24, 2.45) is 0 Å².